The number of para-hydroxylation sites is 1. The molecule has 3 rings (SSSR count). The molecular weight excluding hydrogens is 274 g/mol. The molecule has 0 spiro atoms. The van der Waals surface area contributed by atoms with Gasteiger partial charge in [0.15, 0.2) is 0 Å². The van der Waals surface area contributed by atoms with Crippen molar-refractivity contribution in [1.29, 1.82) is 0 Å². The van der Waals surface area contributed by atoms with Crippen LogP contribution >= 0.6 is 0 Å². The van der Waals surface area contributed by atoms with Crippen molar-refractivity contribution in [3.63, 3.8) is 0 Å². The van der Waals surface area contributed by atoms with Crippen molar-refractivity contribution in [3.05, 3.63) is 36.0 Å². The van der Waals surface area contributed by atoms with Gasteiger partial charge in [-0.1, -0.05) is 18.2 Å². The highest BCUT2D eigenvalue weighted by Gasteiger charge is 2.27. The van der Waals surface area contributed by atoms with Gasteiger partial charge in [-0.3, -0.25) is 4.79 Å². The number of nitrogens with zero attached hydrogens (tertiary/aromatic N) is 2. The van der Waals surface area contributed by atoms with Crippen molar-refractivity contribution in [1.82, 2.24) is 14.8 Å². The van der Waals surface area contributed by atoms with E-state index in [0.29, 0.717) is 12.5 Å². The van der Waals surface area contributed by atoms with Crippen LogP contribution in [0.2, 0.25) is 0 Å². The second kappa shape index (κ2) is 6.53. The van der Waals surface area contributed by atoms with Crippen LogP contribution in [0.1, 0.15) is 24.8 Å². The number of hydrogen-bond donors (Lipinski definition) is 1. The van der Waals surface area contributed by atoms with Gasteiger partial charge in [-0.05, 0) is 45.0 Å². The molecule has 2 aromatic rings. The molecule has 1 saturated heterocycles. The molecule has 118 valence electrons. The van der Waals surface area contributed by atoms with Crippen molar-refractivity contribution in [2.45, 2.75) is 31.7 Å². The molecule has 0 aliphatic carbocycles. The van der Waals surface area contributed by atoms with Crippen LogP contribution in [0.5, 0.6) is 0 Å². The average Bonchev–Trinajstić information content (AvgIpc) is 2.90. The normalized spacial score (nSPS) is 19.0. The van der Waals surface area contributed by atoms with E-state index in [9.17, 15) is 4.79 Å². The maximum Gasteiger partial charge on any atom is 0.227 e. The van der Waals surface area contributed by atoms with Gasteiger partial charge in [0, 0.05) is 36.2 Å². The van der Waals surface area contributed by atoms with Gasteiger partial charge in [-0.25, -0.2) is 0 Å². The highest BCUT2D eigenvalue weighted by molar-refractivity contribution is 5.89. The Morgan fingerprint density at radius 3 is 2.95 bits per heavy atom. The van der Waals surface area contributed by atoms with Gasteiger partial charge < -0.3 is 14.8 Å². The zero-order valence-corrected chi connectivity index (χ0v) is 13.5. The lowest BCUT2D eigenvalue weighted by molar-refractivity contribution is -0.134. The van der Waals surface area contributed by atoms with Crippen molar-refractivity contribution < 1.29 is 4.79 Å². The quantitative estimate of drug-likeness (QED) is 0.942. The Hall–Kier alpha value is -1.81. The number of aromatic nitrogens is 1. The van der Waals surface area contributed by atoms with Crippen LogP contribution in [0.25, 0.3) is 10.9 Å². The van der Waals surface area contributed by atoms with Crippen molar-refractivity contribution in [2.24, 2.45) is 0 Å². The zero-order chi connectivity index (χ0) is 15.5. The Labute approximate surface area is 132 Å². The number of fused-ring (bicyclic) bond motifs is 1. The lowest BCUT2D eigenvalue weighted by Crippen LogP contribution is -2.48. The first-order chi connectivity index (χ1) is 10.6. The molecule has 22 heavy (non-hydrogen) atoms. The number of amides is 1. The fourth-order valence-electron chi connectivity index (χ4n) is 3.48. The molecule has 1 atom stereocenters. The summed E-state index contributed by atoms with van der Waals surface area (Å²) in [5.74, 6) is 0.260. The van der Waals surface area contributed by atoms with E-state index in [1.54, 1.807) is 0 Å². The Balaban J connectivity index is 1.75. The molecule has 1 aliphatic heterocycles. The van der Waals surface area contributed by atoms with E-state index in [2.05, 4.69) is 41.0 Å². The largest absolute Gasteiger partial charge is 0.361 e. The first-order valence-corrected chi connectivity index (χ1v) is 8.14. The minimum atomic E-state index is 0.260. The summed E-state index contributed by atoms with van der Waals surface area (Å²) in [6.45, 7) is 1.86. The van der Waals surface area contributed by atoms with E-state index in [4.69, 9.17) is 0 Å². The first kappa shape index (κ1) is 15.1. The molecule has 2 heterocycles. The number of carbonyl (C=O) groups excluding carboxylic acids is 1. The van der Waals surface area contributed by atoms with Gasteiger partial charge >= 0.3 is 0 Å². The van der Waals surface area contributed by atoms with Gasteiger partial charge in [0.05, 0.1) is 6.42 Å². The minimum Gasteiger partial charge on any atom is -0.361 e. The summed E-state index contributed by atoms with van der Waals surface area (Å²) in [4.78, 5) is 20.3. The lowest BCUT2D eigenvalue weighted by Gasteiger charge is -2.37. The predicted molar refractivity (Wildman–Crippen MR) is 89.9 cm³/mol. The molecule has 1 fully saturated rings. The fourth-order valence-corrected chi connectivity index (χ4v) is 3.48. The maximum atomic E-state index is 12.8. The van der Waals surface area contributed by atoms with E-state index in [0.717, 1.165) is 42.4 Å². The summed E-state index contributed by atoms with van der Waals surface area (Å²) in [7, 11) is 4.16. The van der Waals surface area contributed by atoms with E-state index in [1.165, 1.54) is 6.42 Å². The van der Waals surface area contributed by atoms with Crippen molar-refractivity contribution >= 4 is 16.8 Å². The maximum absolute atomic E-state index is 12.8. The second-order valence-electron chi connectivity index (χ2n) is 6.54. The Bertz CT molecular complexity index is 647. The molecule has 0 radical (unpaired) electrons. The van der Waals surface area contributed by atoms with Crippen LogP contribution in [-0.2, 0) is 11.2 Å². The van der Waals surface area contributed by atoms with E-state index >= 15 is 0 Å². The predicted octanol–water partition coefficient (Wildman–Crippen LogP) is 2.65. The molecule has 0 bridgehead atoms. The van der Waals surface area contributed by atoms with Crippen molar-refractivity contribution in [2.75, 3.05) is 27.2 Å². The van der Waals surface area contributed by atoms with Gasteiger partial charge in [-0.2, -0.15) is 0 Å². The third kappa shape index (κ3) is 3.17. The van der Waals surface area contributed by atoms with Crippen LogP contribution in [-0.4, -0.2) is 53.9 Å². The van der Waals surface area contributed by atoms with E-state index in [-0.39, 0.29) is 5.91 Å². The summed E-state index contributed by atoms with van der Waals surface area (Å²) < 4.78 is 0. The number of aromatic amines is 1. The van der Waals surface area contributed by atoms with Crippen LogP contribution in [0.4, 0.5) is 0 Å². The van der Waals surface area contributed by atoms with Gasteiger partial charge in [0.25, 0.3) is 0 Å². The topological polar surface area (TPSA) is 39.3 Å². The third-order valence-corrected chi connectivity index (χ3v) is 4.54. The molecular formula is C18H25N3O. The highest BCUT2D eigenvalue weighted by Crippen LogP contribution is 2.22. The SMILES string of the molecule is CN(C)CC1CCCCN1C(=O)Cc1c[nH]c2ccccc12. The third-order valence-electron chi connectivity index (χ3n) is 4.54. The number of carbonyl (C=O) groups is 1. The number of likely N-dealkylation sites (N-methyl/N-ethyl adjacent to an activating group) is 1. The summed E-state index contributed by atoms with van der Waals surface area (Å²) in [6, 6.07) is 8.55. The molecule has 1 unspecified atom stereocenters. The summed E-state index contributed by atoms with van der Waals surface area (Å²) in [6.07, 6.45) is 5.96. The molecule has 4 nitrogen and oxygen atoms in total. The van der Waals surface area contributed by atoms with Crippen LogP contribution in [0.15, 0.2) is 30.5 Å². The number of hydrogen-bond acceptors (Lipinski definition) is 2. The molecule has 0 saturated carbocycles. The smallest absolute Gasteiger partial charge is 0.227 e. The second-order valence-corrected chi connectivity index (χ2v) is 6.54. The number of benzene rings is 1. The van der Waals surface area contributed by atoms with Crippen LogP contribution < -0.4 is 0 Å². The first-order valence-electron chi connectivity index (χ1n) is 8.14. The van der Waals surface area contributed by atoms with Crippen LogP contribution in [0, 0.1) is 0 Å². The minimum absolute atomic E-state index is 0.260. The molecule has 1 aliphatic rings. The summed E-state index contributed by atoms with van der Waals surface area (Å²) in [5, 5.41) is 1.16. The number of nitrogens with one attached hydrogen (secondary N) is 1. The van der Waals surface area contributed by atoms with E-state index < -0.39 is 0 Å². The van der Waals surface area contributed by atoms with Gasteiger partial charge in [-0.15, -0.1) is 0 Å². The average molecular weight is 299 g/mol. The number of likely N-dealkylation sites (tertiary alicyclic amines) is 1. The molecule has 1 N–H and O–H groups in total. The number of H-pyrrole nitrogens is 1. The number of piperidine rings is 1. The Morgan fingerprint density at radius 1 is 1.32 bits per heavy atom. The fraction of sp³-hybridized carbons (Fsp3) is 0.500. The summed E-state index contributed by atoms with van der Waals surface area (Å²) >= 11 is 0. The molecule has 4 heteroatoms. The standard InChI is InChI=1S/C18H25N3O/c1-20(2)13-15-7-5-6-10-21(15)18(22)11-14-12-19-17-9-4-3-8-16(14)17/h3-4,8-9,12,15,19H,5-7,10-11,13H2,1-2H3. The van der Waals surface area contributed by atoms with Crippen molar-refractivity contribution in [3.8, 4) is 0 Å². The molecule has 1 amide bonds. The van der Waals surface area contributed by atoms with Crippen LogP contribution in [0.3, 0.4) is 0 Å². The van der Waals surface area contributed by atoms with Gasteiger partial charge in [0.2, 0.25) is 5.91 Å². The molecule has 1 aromatic heterocycles. The Morgan fingerprint density at radius 2 is 2.14 bits per heavy atom. The van der Waals surface area contributed by atoms with Gasteiger partial charge in [0.1, 0.15) is 0 Å². The van der Waals surface area contributed by atoms with E-state index in [1.807, 2.05) is 18.3 Å². The molecule has 1 aromatic carbocycles. The lowest BCUT2D eigenvalue weighted by atomic mass is 10.00. The summed E-state index contributed by atoms with van der Waals surface area (Å²) in [5.41, 5.74) is 2.21. The zero-order valence-electron chi connectivity index (χ0n) is 13.5. The monoisotopic (exact) mass is 299 g/mol. The highest BCUT2D eigenvalue weighted by atomic mass is 16.2. The number of rotatable bonds is 4. The Kier molecular flexibility index (Phi) is 4.48.